The lowest BCUT2D eigenvalue weighted by Gasteiger charge is -2.07. The molecular formula is C21H14N4. The summed E-state index contributed by atoms with van der Waals surface area (Å²) in [6.07, 6.45) is 5.62. The molecule has 4 heterocycles. The van der Waals surface area contributed by atoms with Gasteiger partial charge in [-0.2, -0.15) is 5.10 Å². The van der Waals surface area contributed by atoms with E-state index in [2.05, 4.69) is 28.2 Å². The fourth-order valence-corrected chi connectivity index (χ4v) is 3.26. The SMILES string of the molecule is c1ccc(-c2nn3ccccc3c2-c2ccnc3ccccc23)nc1. The third-order valence-corrected chi connectivity index (χ3v) is 4.37. The minimum absolute atomic E-state index is 0.863. The van der Waals surface area contributed by atoms with Crippen LogP contribution in [0.5, 0.6) is 0 Å². The molecule has 0 fully saturated rings. The molecule has 0 saturated heterocycles. The Hall–Kier alpha value is -3.53. The first kappa shape index (κ1) is 13.9. The van der Waals surface area contributed by atoms with Gasteiger partial charge in [0.1, 0.15) is 5.69 Å². The normalized spacial score (nSPS) is 11.2. The van der Waals surface area contributed by atoms with Crippen LogP contribution >= 0.6 is 0 Å². The van der Waals surface area contributed by atoms with Crippen molar-refractivity contribution >= 4 is 16.4 Å². The second-order valence-electron chi connectivity index (χ2n) is 5.84. The molecule has 0 amide bonds. The predicted molar refractivity (Wildman–Crippen MR) is 99.2 cm³/mol. The van der Waals surface area contributed by atoms with Gasteiger partial charge in [0.25, 0.3) is 0 Å². The highest BCUT2D eigenvalue weighted by molar-refractivity contribution is 6.03. The Morgan fingerprint density at radius 1 is 0.720 bits per heavy atom. The lowest BCUT2D eigenvalue weighted by molar-refractivity contribution is 0.962. The maximum Gasteiger partial charge on any atom is 0.120 e. The zero-order chi connectivity index (χ0) is 16.6. The van der Waals surface area contributed by atoms with Crippen LogP contribution in [-0.4, -0.2) is 19.6 Å². The summed E-state index contributed by atoms with van der Waals surface area (Å²) in [5, 5.41) is 5.91. The van der Waals surface area contributed by atoms with E-state index in [-0.39, 0.29) is 0 Å². The van der Waals surface area contributed by atoms with E-state index < -0.39 is 0 Å². The summed E-state index contributed by atoms with van der Waals surface area (Å²) in [4.78, 5) is 9.01. The molecule has 0 saturated carbocycles. The van der Waals surface area contributed by atoms with Gasteiger partial charge in [0, 0.05) is 29.5 Å². The molecule has 0 unspecified atom stereocenters. The average molecular weight is 322 g/mol. The maximum absolute atomic E-state index is 4.80. The molecule has 4 heteroatoms. The van der Waals surface area contributed by atoms with E-state index in [4.69, 9.17) is 5.10 Å². The van der Waals surface area contributed by atoms with Crippen LogP contribution in [0, 0.1) is 0 Å². The van der Waals surface area contributed by atoms with Gasteiger partial charge >= 0.3 is 0 Å². The maximum atomic E-state index is 4.80. The second kappa shape index (κ2) is 5.53. The highest BCUT2D eigenvalue weighted by Crippen LogP contribution is 2.37. The number of hydrogen-bond donors (Lipinski definition) is 0. The third kappa shape index (κ3) is 2.19. The van der Waals surface area contributed by atoms with Crippen molar-refractivity contribution in [1.82, 2.24) is 19.6 Å². The molecule has 0 aliphatic rings. The van der Waals surface area contributed by atoms with Crippen molar-refractivity contribution in [1.29, 1.82) is 0 Å². The van der Waals surface area contributed by atoms with Crippen molar-refractivity contribution in [2.75, 3.05) is 0 Å². The topological polar surface area (TPSA) is 43.1 Å². The molecule has 5 rings (SSSR count). The molecule has 1 aromatic carbocycles. The quantitative estimate of drug-likeness (QED) is 0.476. The summed E-state index contributed by atoms with van der Waals surface area (Å²) in [6, 6.07) is 22.2. The van der Waals surface area contributed by atoms with Crippen LogP contribution < -0.4 is 0 Å². The molecule has 25 heavy (non-hydrogen) atoms. The lowest BCUT2D eigenvalue weighted by atomic mass is 9.98. The van der Waals surface area contributed by atoms with E-state index in [1.165, 1.54) is 0 Å². The van der Waals surface area contributed by atoms with Crippen LogP contribution in [0.2, 0.25) is 0 Å². The molecule has 5 aromatic rings. The third-order valence-electron chi connectivity index (χ3n) is 4.37. The van der Waals surface area contributed by atoms with Gasteiger partial charge in [0.05, 0.1) is 16.7 Å². The average Bonchev–Trinajstić information content (AvgIpc) is 3.08. The summed E-state index contributed by atoms with van der Waals surface area (Å²) < 4.78 is 1.91. The number of benzene rings is 1. The van der Waals surface area contributed by atoms with Gasteiger partial charge < -0.3 is 0 Å². The van der Waals surface area contributed by atoms with Crippen molar-refractivity contribution in [3.63, 3.8) is 0 Å². The highest BCUT2D eigenvalue weighted by atomic mass is 15.2. The van der Waals surface area contributed by atoms with Gasteiger partial charge in [0.2, 0.25) is 0 Å². The van der Waals surface area contributed by atoms with E-state index in [0.717, 1.165) is 38.9 Å². The summed E-state index contributed by atoms with van der Waals surface area (Å²) >= 11 is 0. The van der Waals surface area contributed by atoms with Crippen LogP contribution in [0.1, 0.15) is 0 Å². The Morgan fingerprint density at radius 3 is 2.52 bits per heavy atom. The molecule has 0 N–H and O–H groups in total. The predicted octanol–water partition coefficient (Wildman–Crippen LogP) is 4.61. The standard InChI is InChI=1S/C21H14N4/c1-2-8-17-15(7-1)16(11-13-23-17)20-19-10-4-6-14-25(19)24-21(20)18-9-3-5-12-22-18/h1-14H. The summed E-state index contributed by atoms with van der Waals surface area (Å²) in [7, 11) is 0. The number of fused-ring (bicyclic) bond motifs is 2. The molecule has 0 bridgehead atoms. The fraction of sp³-hybridized carbons (Fsp3) is 0. The molecule has 4 nitrogen and oxygen atoms in total. The van der Waals surface area contributed by atoms with E-state index in [1.54, 1.807) is 6.20 Å². The largest absolute Gasteiger partial charge is 0.256 e. The van der Waals surface area contributed by atoms with Gasteiger partial charge in [-0.25, -0.2) is 4.52 Å². The van der Waals surface area contributed by atoms with Crippen LogP contribution in [0.25, 0.3) is 38.9 Å². The number of nitrogens with zero attached hydrogens (tertiary/aromatic N) is 4. The van der Waals surface area contributed by atoms with Crippen LogP contribution in [0.3, 0.4) is 0 Å². The van der Waals surface area contributed by atoms with Crippen molar-refractivity contribution in [3.05, 3.63) is 85.3 Å². The first-order valence-corrected chi connectivity index (χ1v) is 8.15. The summed E-state index contributed by atoms with van der Waals surface area (Å²) in [5.41, 5.74) is 5.97. The van der Waals surface area contributed by atoms with Gasteiger partial charge in [-0.1, -0.05) is 30.3 Å². The first-order valence-electron chi connectivity index (χ1n) is 8.15. The van der Waals surface area contributed by atoms with Crippen LogP contribution in [0.4, 0.5) is 0 Å². The molecule has 0 aliphatic carbocycles. The number of pyridine rings is 3. The zero-order valence-corrected chi connectivity index (χ0v) is 13.4. The van der Waals surface area contributed by atoms with Crippen molar-refractivity contribution in [3.8, 4) is 22.5 Å². The number of para-hydroxylation sites is 1. The van der Waals surface area contributed by atoms with Crippen molar-refractivity contribution in [2.45, 2.75) is 0 Å². The van der Waals surface area contributed by atoms with E-state index in [9.17, 15) is 0 Å². The van der Waals surface area contributed by atoms with Crippen LogP contribution in [-0.2, 0) is 0 Å². The Labute approximate surface area is 144 Å². The second-order valence-corrected chi connectivity index (χ2v) is 5.84. The molecule has 0 radical (unpaired) electrons. The van der Waals surface area contributed by atoms with E-state index in [1.807, 2.05) is 65.4 Å². The molecule has 0 aliphatic heterocycles. The zero-order valence-electron chi connectivity index (χ0n) is 13.4. The minimum Gasteiger partial charge on any atom is -0.256 e. The number of aromatic nitrogens is 4. The van der Waals surface area contributed by atoms with Gasteiger partial charge in [0.15, 0.2) is 0 Å². The highest BCUT2D eigenvalue weighted by Gasteiger charge is 2.18. The van der Waals surface area contributed by atoms with E-state index >= 15 is 0 Å². The number of rotatable bonds is 2. The Bertz CT molecular complexity index is 1190. The lowest BCUT2D eigenvalue weighted by Crippen LogP contribution is -1.88. The Balaban J connectivity index is 1.92. The Morgan fingerprint density at radius 2 is 1.60 bits per heavy atom. The molecule has 118 valence electrons. The van der Waals surface area contributed by atoms with Crippen molar-refractivity contribution in [2.24, 2.45) is 0 Å². The van der Waals surface area contributed by atoms with Crippen LogP contribution in [0.15, 0.2) is 85.3 Å². The molecule has 0 atom stereocenters. The first-order chi connectivity index (χ1) is 12.4. The minimum atomic E-state index is 0.863. The molecule has 4 aromatic heterocycles. The number of hydrogen-bond acceptors (Lipinski definition) is 3. The monoisotopic (exact) mass is 322 g/mol. The molecular weight excluding hydrogens is 308 g/mol. The van der Waals surface area contributed by atoms with E-state index in [0.29, 0.717) is 0 Å². The van der Waals surface area contributed by atoms with Gasteiger partial charge in [-0.3, -0.25) is 9.97 Å². The smallest absolute Gasteiger partial charge is 0.120 e. The molecule has 0 spiro atoms. The summed E-state index contributed by atoms with van der Waals surface area (Å²) in [6.45, 7) is 0. The summed E-state index contributed by atoms with van der Waals surface area (Å²) in [5.74, 6) is 0. The van der Waals surface area contributed by atoms with Gasteiger partial charge in [-0.05, 0) is 42.0 Å². The fourth-order valence-electron chi connectivity index (χ4n) is 3.26. The Kier molecular flexibility index (Phi) is 3.07. The van der Waals surface area contributed by atoms with Gasteiger partial charge in [-0.15, -0.1) is 0 Å². The van der Waals surface area contributed by atoms with Crippen molar-refractivity contribution < 1.29 is 0 Å².